The fourth-order valence-corrected chi connectivity index (χ4v) is 2.97. The van der Waals surface area contributed by atoms with Crippen molar-refractivity contribution in [1.82, 2.24) is 9.97 Å². The molecule has 2 N–H and O–H groups in total. The maximum atomic E-state index is 11.8. The average molecular weight is 353 g/mol. The Balaban J connectivity index is 1.70. The van der Waals surface area contributed by atoms with E-state index >= 15 is 0 Å². The number of piperidine rings is 1. The first-order valence-corrected chi connectivity index (χ1v) is 9.30. The van der Waals surface area contributed by atoms with Crippen molar-refractivity contribution >= 4 is 28.9 Å². The summed E-state index contributed by atoms with van der Waals surface area (Å²) in [5.74, 6) is 2.52. The highest BCUT2D eigenvalue weighted by Crippen LogP contribution is 2.23. The van der Waals surface area contributed by atoms with Crippen LogP contribution in [0.1, 0.15) is 38.9 Å². The Morgan fingerprint density at radius 3 is 2.35 bits per heavy atom. The van der Waals surface area contributed by atoms with Gasteiger partial charge in [-0.25, -0.2) is 9.97 Å². The molecule has 0 aliphatic carbocycles. The van der Waals surface area contributed by atoms with Gasteiger partial charge in [0.25, 0.3) is 0 Å². The molecule has 1 saturated heterocycles. The summed E-state index contributed by atoms with van der Waals surface area (Å²) >= 11 is 0. The molecule has 26 heavy (non-hydrogen) atoms. The highest BCUT2D eigenvalue weighted by Gasteiger charge is 2.14. The molecular formula is C20H27N5O. The second-order valence-corrected chi connectivity index (χ2v) is 7.05. The molecule has 6 nitrogen and oxygen atoms in total. The van der Waals surface area contributed by atoms with Crippen LogP contribution in [0.15, 0.2) is 30.3 Å². The largest absolute Gasteiger partial charge is 0.356 e. The van der Waals surface area contributed by atoms with Crippen LogP contribution in [-0.2, 0) is 4.79 Å². The first kappa shape index (κ1) is 18.2. The van der Waals surface area contributed by atoms with E-state index in [1.54, 1.807) is 0 Å². The van der Waals surface area contributed by atoms with Gasteiger partial charge in [-0.05, 0) is 50.5 Å². The van der Waals surface area contributed by atoms with Crippen molar-refractivity contribution in [2.75, 3.05) is 28.6 Å². The van der Waals surface area contributed by atoms with Gasteiger partial charge in [0.05, 0.1) is 0 Å². The lowest BCUT2D eigenvalue weighted by Gasteiger charge is -2.28. The van der Waals surface area contributed by atoms with E-state index in [0.717, 1.165) is 41.9 Å². The van der Waals surface area contributed by atoms with Gasteiger partial charge in [0, 0.05) is 36.4 Å². The molecule has 0 bridgehead atoms. The number of nitrogens with zero attached hydrogens (tertiary/aromatic N) is 3. The molecule has 0 saturated carbocycles. The molecule has 0 spiro atoms. The number of anilines is 4. The lowest BCUT2D eigenvalue weighted by molar-refractivity contribution is -0.118. The lowest BCUT2D eigenvalue weighted by Crippen LogP contribution is -2.30. The molecule has 1 aromatic heterocycles. The highest BCUT2D eigenvalue weighted by molar-refractivity contribution is 5.92. The molecule has 1 aliphatic rings. The van der Waals surface area contributed by atoms with E-state index in [9.17, 15) is 4.79 Å². The van der Waals surface area contributed by atoms with Gasteiger partial charge in [0.15, 0.2) is 0 Å². The van der Waals surface area contributed by atoms with E-state index in [1.807, 2.05) is 51.1 Å². The van der Waals surface area contributed by atoms with Crippen molar-refractivity contribution in [1.29, 1.82) is 0 Å². The van der Waals surface area contributed by atoms with Crippen molar-refractivity contribution in [3.8, 4) is 0 Å². The van der Waals surface area contributed by atoms with E-state index < -0.39 is 0 Å². The van der Waals surface area contributed by atoms with Crippen molar-refractivity contribution in [3.63, 3.8) is 0 Å². The fraction of sp³-hybridized carbons (Fsp3) is 0.450. The van der Waals surface area contributed by atoms with E-state index in [1.165, 1.54) is 19.3 Å². The zero-order valence-electron chi connectivity index (χ0n) is 15.7. The number of aryl methyl sites for hydroxylation is 1. The van der Waals surface area contributed by atoms with E-state index in [-0.39, 0.29) is 11.8 Å². The summed E-state index contributed by atoms with van der Waals surface area (Å²) in [4.78, 5) is 23.2. The third kappa shape index (κ3) is 4.71. The Morgan fingerprint density at radius 2 is 1.69 bits per heavy atom. The first-order valence-electron chi connectivity index (χ1n) is 9.30. The predicted molar refractivity (Wildman–Crippen MR) is 106 cm³/mol. The summed E-state index contributed by atoms with van der Waals surface area (Å²) in [6, 6.07) is 9.67. The number of benzene rings is 1. The molecule has 1 aromatic carbocycles. The fourth-order valence-electron chi connectivity index (χ4n) is 2.97. The summed E-state index contributed by atoms with van der Waals surface area (Å²) in [5, 5.41) is 6.23. The van der Waals surface area contributed by atoms with Crippen LogP contribution in [0.2, 0.25) is 0 Å². The van der Waals surface area contributed by atoms with Crippen LogP contribution in [0.4, 0.5) is 23.0 Å². The number of rotatable bonds is 5. The standard InChI is InChI=1S/C20H27N5O/c1-14(2)20(26)24-17-9-7-16(8-10-17)23-18-13-19(22-15(3)21-18)25-11-5-4-6-12-25/h7-10,13-14H,4-6,11-12H2,1-3H3,(H,24,26)(H,21,22,23). The van der Waals surface area contributed by atoms with Crippen LogP contribution in [-0.4, -0.2) is 29.0 Å². The van der Waals surface area contributed by atoms with Gasteiger partial charge in [0.2, 0.25) is 5.91 Å². The van der Waals surface area contributed by atoms with Gasteiger partial charge in [-0.1, -0.05) is 13.8 Å². The van der Waals surface area contributed by atoms with Gasteiger partial charge < -0.3 is 15.5 Å². The SMILES string of the molecule is Cc1nc(Nc2ccc(NC(=O)C(C)C)cc2)cc(N2CCCCC2)n1. The van der Waals surface area contributed by atoms with Crippen LogP contribution in [0.5, 0.6) is 0 Å². The molecule has 138 valence electrons. The molecule has 1 amide bonds. The summed E-state index contributed by atoms with van der Waals surface area (Å²) < 4.78 is 0. The van der Waals surface area contributed by atoms with Crippen molar-refractivity contribution in [3.05, 3.63) is 36.2 Å². The van der Waals surface area contributed by atoms with Gasteiger partial charge in [-0.15, -0.1) is 0 Å². The number of carbonyl (C=O) groups is 1. The molecule has 3 rings (SSSR count). The van der Waals surface area contributed by atoms with E-state index in [0.29, 0.717) is 0 Å². The Labute approximate surface area is 155 Å². The minimum Gasteiger partial charge on any atom is -0.356 e. The average Bonchev–Trinajstić information content (AvgIpc) is 2.63. The van der Waals surface area contributed by atoms with Gasteiger partial charge in [-0.2, -0.15) is 0 Å². The number of hydrogen-bond donors (Lipinski definition) is 2. The van der Waals surface area contributed by atoms with Crippen molar-refractivity contribution in [2.45, 2.75) is 40.0 Å². The Kier molecular flexibility index (Phi) is 5.71. The minimum atomic E-state index is -0.0370. The van der Waals surface area contributed by atoms with Crippen LogP contribution < -0.4 is 15.5 Å². The Morgan fingerprint density at radius 1 is 1.04 bits per heavy atom. The van der Waals surface area contributed by atoms with E-state index in [2.05, 4.69) is 25.5 Å². The molecular weight excluding hydrogens is 326 g/mol. The summed E-state index contributed by atoms with van der Waals surface area (Å²) in [7, 11) is 0. The zero-order chi connectivity index (χ0) is 18.5. The molecule has 6 heteroatoms. The number of nitrogens with one attached hydrogen (secondary N) is 2. The second kappa shape index (κ2) is 8.17. The molecule has 1 fully saturated rings. The van der Waals surface area contributed by atoms with Gasteiger partial charge >= 0.3 is 0 Å². The quantitative estimate of drug-likeness (QED) is 0.846. The molecule has 1 aliphatic heterocycles. The van der Waals surface area contributed by atoms with Crippen LogP contribution in [0.25, 0.3) is 0 Å². The Bertz CT molecular complexity index is 751. The predicted octanol–water partition coefficient (Wildman–Crippen LogP) is 4.11. The monoisotopic (exact) mass is 353 g/mol. The normalized spacial score (nSPS) is 14.4. The number of aromatic nitrogens is 2. The third-order valence-electron chi connectivity index (χ3n) is 4.45. The van der Waals surface area contributed by atoms with Crippen LogP contribution >= 0.6 is 0 Å². The van der Waals surface area contributed by atoms with Crippen molar-refractivity contribution in [2.24, 2.45) is 5.92 Å². The highest BCUT2D eigenvalue weighted by atomic mass is 16.1. The van der Waals surface area contributed by atoms with Gasteiger partial charge in [-0.3, -0.25) is 4.79 Å². The van der Waals surface area contributed by atoms with Crippen LogP contribution in [0, 0.1) is 12.8 Å². The number of hydrogen-bond acceptors (Lipinski definition) is 5. The maximum Gasteiger partial charge on any atom is 0.226 e. The first-order chi connectivity index (χ1) is 12.5. The number of amides is 1. The zero-order valence-corrected chi connectivity index (χ0v) is 15.7. The van der Waals surface area contributed by atoms with Gasteiger partial charge in [0.1, 0.15) is 17.5 Å². The molecule has 2 aromatic rings. The Hall–Kier alpha value is -2.63. The van der Waals surface area contributed by atoms with Crippen LogP contribution in [0.3, 0.4) is 0 Å². The topological polar surface area (TPSA) is 70.2 Å². The smallest absolute Gasteiger partial charge is 0.226 e. The summed E-state index contributed by atoms with van der Waals surface area (Å²) in [5.41, 5.74) is 1.72. The minimum absolute atomic E-state index is 0.0170. The maximum absolute atomic E-state index is 11.8. The number of carbonyl (C=O) groups excluding carboxylic acids is 1. The third-order valence-corrected chi connectivity index (χ3v) is 4.45. The molecule has 0 radical (unpaired) electrons. The van der Waals surface area contributed by atoms with E-state index in [4.69, 9.17) is 0 Å². The van der Waals surface area contributed by atoms with Crippen molar-refractivity contribution < 1.29 is 4.79 Å². The summed E-state index contributed by atoms with van der Waals surface area (Å²) in [6.07, 6.45) is 3.73. The molecule has 0 atom stereocenters. The molecule has 2 heterocycles. The second-order valence-electron chi connectivity index (χ2n) is 7.05. The summed E-state index contributed by atoms with van der Waals surface area (Å²) in [6.45, 7) is 7.79. The lowest BCUT2D eigenvalue weighted by atomic mass is 10.1. The molecule has 0 unspecified atom stereocenters.